The van der Waals surface area contributed by atoms with Crippen LogP contribution in [0.15, 0.2) is 48.2 Å². The van der Waals surface area contributed by atoms with E-state index in [1.807, 2.05) is 6.92 Å². The Hall–Kier alpha value is -2.24. The normalized spacial score (nSPS) is 16.1. The van der Waals surface area contributed by atoms with Crippen LogP contribution in [0.2, 0.25) is 5.02 Å². The smallest absolute Gasteiger partial charge is 0.281 e. The molecule has 23 heavy (non-hydrogen) atoms. The van der Waals surface area contributed by atoms with Crippen LogP contribution in [0.25, 0.3) is 6.08 Å². The second-order valence-electron chi connectivity index (χ2n) is 5.11. The lowest BCUT2D eigenvalue weighted by Crippen LogP contribution is -2.30. The molecule has 0 aliphatic carbocycles. The lowest BCUT2D eigenvalue weighted by atomic mass is 10.1. The van der Waals surface area contributed by atoms with E-state index >= 15 is 0 Å². The van der Waals surface area contributed by atoms with Gasteiger partial charge < -0.3 is 5.32 Å². The fourth-order valence-electron chi connectivity index (χ4n) is 2.35. The Balaban J connectivity index is 1.95. The lowest BCUT2D eigenvalue weighted by Gasteiger charge is -2.16. The molecule has 3 nitrogen and oxygen atoms in total. The van der Waals surface area contributed by atoms with Crippen LogP contribution >= 0.6 is 23.8 Å². The summed E-state index contributed by atoms with van der Waals surface area (Å²) >= 11 is 11.2. The van der Waals surface area contributed by atoms with Gasteiger partial charge in [-0.3, -0.25) is 9.69 Å². The molecule has 1 saturated heterocycles. The highest BCUT2D eigenvalue weighted by molar-refractivity contribution is 7.80. The molecule has 0 radical (unpaired) electrons. The number of amides is 1. The molecule has 2 aromatic rings. The van der Waals surface area contributed by atoms with Gasteiger partial charge in [0.1, 0.15) is 11.5 Å². The first-order valence-corrected chi connectivity index (χ1v) is 7.63. The molecule has 0 bridgehead atoms. The summed E-state index contributed by atoms with van der Waals surface area (Å²) < 4.78 is 13.0. The van der Waals surface area contributed by atoms with Crippen molar-refractivity contribution in [2.45, 2.75) is 6.92 Å². The average Bonchev–Trinajstić information content (AvgIpc) is 2.77. The van der Waals surface area contributed by atoms with Crippen molar-refractivity contribution in [3.05, 3.63) is 70.1 Å². The molecule has 1 heterocycles. The minimum absolute atomic E-state index is 0.259. The van der Waals surface area contributed by atoms with E-state index in [4.69, 9.17) is 23.8 Å². The highest BCUT2D eigenvalue weighted by atomic mass is 35.5. The van der Waals surface area contributed by atoms with Gasteiger partial charge in [0, 0.05) is 5.02 Å². The van der Waals surface area contributed by atoms with Crippen LogP contribution in [0.3, 0.4) is 0 Å². The second kappa shape index (κ2) is 6.10. The van der Waals surface area contributed by atoms with Crippen molar-refractivity contribution >= 4 is 46.6 Å². The van der Waals surface area contributed by atoms with Crippen molar-refractivity contribution in [1.29, 1.82) is 0 Å². The highest BCUT2D eigenvalue weighted by Crippen LogP contribution is 2.28. The first kappa shape index (κ1) is 15.6. The molecule has 116 valence electrons. The number of halogens is 2. The van der Waals surface area contributed by atoms with Crippen molar-refractivity contribution in [2.75, 3.05) is 4.90 Å². The third-order valence-corrected chi connectivity index (χ3v) is 3.98. The maximum Gasteiger partial charge on any atom is 0.281 e. The summed E-state index contributed by atoms with van der Waals surface area (Å²) in [6, 6.07) is 11.1. The van der Waals surface area contributed by atoms with E-state index in [0.717, 1.165) is 5.56 Å². The predicted octanol–water partition coefficient (Wildman–Crippen LogP) is 4.05. The zero-order valence-corrected chi connectivity index (χ0v) is 13.7. The van der Waals surface area contributed by atoms with Gasteiger partial charge in [-0.05, 0) is 66.7 Å². The maximum absolute atomic E-state index is 13.0. The Morgan fingerprint density at radius 2 is 1.91 bits per heavy atom. The average molecular weight is 347 g/mol. The van der Waals surface area contributed by atoms with E-state index in [-0.39, 0.29) is 11.7 Å². The fraction of sp³-hybridized carbons (Fsp3) is 0.0588. The molecule has 2 aromatic carbocycles. The fourth-order valence-corrected chi connectivity index (χ4v) is 2.87. The van der Waals surface area contributed by atoms with Crippen molar-refractivity contribution in [2.24, 2.45) is 0 Å². The van der Waals surface area contributed by atoms with Crippen LogP contribution in [0, 0.1) is 12.7 Å². The van der Waals surface area contributed by atoms with Crippen molar-refractivity contribution in [1.82, 2.24) is 5.32 Å². The van der Waals surface area contributed by atoms with Gasteiger partial charge >= 0.3 is 0 Å². The number of hydrogen-bond donors (Lipinski definition) is 1. The van der Waals surface area contributed by atoms with Crippen molar-refractivity contribution in [3.63, 3.8) is 0 Å². The minimum atomic E-state index is -0.327. The Morgan fingerprint density at radius 1 is 1.22 bits per heavy atom. The number of nitrogens with zero attached hydrogens (tertiary/aromatic N) is 1. The molecule has 1 amide bonds. The lowest BCUT2D eigenvalue weighted by molar-refractivity contribution is -0.113. The van der Waals surface area contributed by atoms with Crippen LogP contribution < -0.4 is 10.2 Å². The van der Waals surface area contributed by atoms with E-state index in [1.165, 1.54) is 17.0 Å². The third kappa shape index (κ3) is 3.11. The van der Waals surface area contributed by atoms with Gasteiger partial charge in [0.2, 0.25) is 0 Å². The molecule has 3 rings (SSSR count). The summed E-state index contributed by atoms with van der Waals surface area (Å²) in [6.07, 6.45) is 1.64. The quantitative estimate of drug-likeness (QED) is 0.657. The van der Waals surface area contributed by atoms with Crippen LogP contribution in [-0.2, 0) is 4.79 Å². The Bertz CT molecular complexity index is 833. The number of anilines is 1. The third-order valence-electron chi connectivity index (χ3n) is 3.46. The summed E-state index contributed by atoms with van der Waals surface area (Å²) in [5.74, 6) is -0.587. The van der Waals surface area contributed by atoms with E-state index < -0.39 is 0 Å². The molecular weight excluding hydrogens is 335 g/mol. The molecule has 1 fully saturated rings. The summed E-state index contributed by atoms with van der Waals surface area (Å²) in [5.41, 5.74) is 2.58. The number of benzene rings is 2. The van der Waals surface area contributed by atoms with Crippen molar-refractivity contribution < 1.29 is 9.18 Å². The number of aryl methyl sites for hydroxylation is 1. The number of carbonyl (C=O) groups excluding carboxylic acids is 1. The van der Waals surface area contributed by atoms with Gasteiger partial charge in [0.25, 0.3) is 5.91 Å². The van der Waals surface area contributed by atoms with E-state index in [9.17, 15) is 9.18 Å². The summed E-state index contributed by atoms with van der Waals surface area (Å²) in [5, 5.41) is 3.80. The van der Waals surface area contributed by atoms with Gasteiger partial charge in [0.05, 0.1) is 5.69 Å². The minimum Gasteiger partial charge on any atom is -0.327 e. The molecular formula is C17H12ClFN2OS. The SMILES string of the molecule is Cc1cc(Cl)ccc1N1C(=O)/C(=C\c2ccc(F)cc2)NC1=S. The molecule has 0 saturated carbocycles. The summed E-state index contributed by atoms with van der Waals surface area (Å²) in [7, 11) is 0. The predicted molar refractivity (Wildman–Crippen MR) is 93.8 cm³/mol. The molecule has 1 aliphatic rings. The number of hydrogen-bond acceptors (Lipinski definition) is 2. The van der Waals surface area contributed by atoms with E-state index in [0.29, 0.717) is 27.1 Å². The first-order valence-electron chi connectivity index (χ1n) is 6.84. The van der Waals surface area contributed by atoms with Crippen LogP contribution in [0.1, 0.15) is 11.1 Å². The van der Waals surface area contributed by atoms with Gasteiger partial charge in [0.15, 0.2) is 5.11 Å². The Labute approximate surface area is 143 Å². The second-order valence-corrected chi connectivity index (χ2v) is 5.93. The number of thiocarbonyl (C=S) groups is 1. The monoisotopic (exact) mass is 346 g/mol. The molecule has 0 spiro atoms. The van der Waals surface area contributed by atoms with Crippen LogP contribution in [-0.4, -0.2) is 11.0 Å². The molecule has 1 aliphatic heterocycles. The largest absolute Gasteiger partial charge is 0.327 e. The van der Waals surface area contributed by atoms with E-state index in [2.05, 4.69) is 5.32 Å². The zero-order chi connectivity index (χ0) is 16.6. The van der Waals surface area contributed by atoms with E-state index in [1.54, 1.807) is 36.4 Å². The molecule has 0 atom stereocenters. The first-order chi connectivity index (χ1) is 11.0. The molecule has 6 heteroatoms. The van der Waals surface area contributed by atoms with Gasteiger partial charge in [-0.25, -0.2) is 4.39 Å². The Kier molecular flexibility index (Phi) is 4.15. The topological polar surface area (TPSA) is 32.3 Å². The number of carbonyl (C=O) groups is 1. The summed E-state index contributed by atoms with van der Waals surface area (Å²) in [4.78, 5) is 14.1. The maximum atomic E-state index is 13.0. The van der Waals surface area contributed by atoms with Gasteiger partial charge in [-0.15, -0.1) is 0 Å². The van der Waals surface area contributed by atoms with Gasteiger partial charge in [-0.2, -0.15) is 0 Å². The molecule has 0 unspecified atom stereocenters. The van der Waals surface area contributed by atoms with Crippen LogP contribution in [0.4, 0.5) is 10.1 Å². The summed E-state index contributed by atoms with van der Waals surface area (Å²) in [6.45, 7) is 1.86. The number of rotatable bonds is 2. The van der Waals surface area contributed by atoms with Crippen molar-refractivity contribution in [3.8, 4) is 0 Å². The highest BCUT2D eigenvalue weighted by Gasteiger charge is 2.32. The van der Waals surface area contributed by atoms with Gasteiger partial charge in [-0.1, -0.05) is 23.7 Å². The van der Waals surface area contributed by atoms with Crippen LogP contribution in [0.5, 0.6) is 0 Å². The molecule has 0 aromatic heterocycles. The standard InChI is InChI=1S/C17H12ClFN2OS/c1-10-8-12(18)4-7-15(10)21-16(22)14(20-17(21)23)9-11-2-5-13(19)6-3-11/h2-9H,1H3,(H,20,23)/b14-9+. The zero-order valence-electron chi connectivity index (χ0n) is 12.1. The number of nitrogens with one attached hydrogen (secondary N) is 1. The Morgan fingerprint density at radius 3 is 2.57 bits per heavy atom. The molecule has 1 N–H and O–H groups in total.